The predicted octanol–water partition coefficient (Wildman–Crippen LogP) is 4.57. The molecule has 0 aliphatic carbocycles. The minimum atomic E-state index is -3.24. The van der Waals surface area contributed by atoms with Gasteiger partial charge >= 0.3 is 0 Å². The highest BCUT2D eigenvalue weighted by atomic mass is 32.2. The van der Waals surface area contributed by atoms with E-state index in [1.165, 1.54) is 6.26 Å². The van der Waals surface area contributed by atoms with Gasteiger partial charge in [-0.1, -0.05) is 35.5 Å². The van der Waals surface area contributed by atoms with Gasteiger partial charge in [-0.15, -0.1) is 0 Å². The van der Waals surface area contributed by atoms with Crippen molar-refractivity contribution in [1.82, 2.24) is 4.57 Å². The van der Waals surface area contributed by atoms with Crippen LogP contribution in [0.1, 0.15) is 17.7 Å². The van der Waals surface area contributed by atoms with Gasteiger partial charge in [0.1, 0.15) is 0 Å². The number of benzene rings is 2. The van der Waals surface area contributed by atoms with Crippen molar-refractivity contribution in [3.8, 4) is 16.9 Å². The Morgan fingerprint density at radius 3 is 2.33 bits per heavy atom. The van der Waals surface area contributed by atoms with Gasteiger partial charge in [0.2, 0.25) is 0 Å². The molecule has 0 N–H and O–H groups in total. The molecule has 158 valence electrons. The number of ether oxygens (including phenoxy) is 1. The van der Waals surface area contributed by atoms with Crippen LogP contribution in [-0.2, 0) is 21.0 Å². The fraction of sp³-hybridized carbons (Fsp3) is 0.304. The molecule has 0 bridgehead atoms. The number of hydrogen-bond donors (Lipinski definition) is 0. The van der Waals surface area contributed by atoms with Crippen molar-refractivity contribution in [1.29, 1.82) is 0 Å². The van der Waals surface area contributed by atoms with E-state index in [9.17, 15) is 13.3 Å². The molecule has 0 spiro atoms. The molecule has 6 nitrogen and oxygen atoms in total. The molecule has 0 saturated heterocycles. The Hall–Kier alpha value is -2.77. The largest absolute Gasteiger partial charge is 0.381 e. The van der Waals surface area contributed by atoms with E-state index >= 15 is 0 Å². The maximum absolute atomic E-state index is 11.8. The Labute approximate surface area is 177 Å². The van der Waals surface area contributed by atoms with E-state index in [1.54, 1.807) is 12.1 Å². The number of nitroso groups, excluding NO2 is 1. The van der Waals surface area contributed by atoms with Crippen molar-refractivity contribution in [3.05, 3.63) is 76.8 Å². The van der Waals surface area contributed by atoms with Crippen molar-refractivity contribution >= 4 is 9.84 Å². The second-order valence-corrected chi connectivity index (χ2v) is 9.19. The summed E-state index contributed by atoms with van der Waals surface area (Å²) in [7, 11) is -3.24. The van der Waals surface area contributed by atoms with Crippen LogP contribution in [0.25, 0.3) is 16.9 Å². The lowest BCUT2D eigenvalue weighted by Gasteiger charge is -2.13. The number of hydrogen-bond acceptors (Lipinski definition) is 5. The molecule has 7 heteroatoms. The molecule has 0 aliphatic heterocycles. The number of para-hydroxylation sites is 1. The van der Waals surface area contributed by atoms with Crippen LogP contribution in [0.3, 0.4) is 0 Å². The van der Waals surface area contributed by atoms with Gasteiger partial charge in [0, 0.05) is 24.2 Å². The highest BCUT2D eigenvalue weighted by Gasteiger charge is 2.16. The molecule has 0 radical (unpaired) electrons. The molecule has 0 atom stereocenters. The van der Waals surface area contributed by atoms with Gasteiger partial charge < -0.3 is 9.30 Å². The third-order valence-corrected chi connectivity index (χ3v) is 6.13. The summed E-state index contributed by atoms with van der Waals surface area (Å²) in [6.45, 7) is 3.43. The van der Waals surface area contributed by atoms with E-state index < -0.39 is 9.84 Å². The normalized spacial score (nSPS) is 11.5. The molecule has 30 heavy (non-hydrogen) atoms. The molecule has 3 rings (SSSR count). The predicted molar refractivity (Wildman–Crippen MR) is 119 cm³/mol. The van der Waals surface area contributed by atoms with Crippen LogP contribution in [0.4, 0.5) is 0 Å². The Morgan fingerprint density at radius 1 is 1.00 bits per heavy atom. The Bertz CT molecular complexity index is 1090. The zero-order chi connectivity index (χ0) is 21.6. The maximum Gasteiger partial charge on any atom is 0.175 e. The van der Waals surface area contributed by atoms with Gasteiger partial charge in [0.05, 0.1) is 23.7 Å². The SMILES string of the molecule is Cc1c(CCOCCCN=O)cc(-c2ccc(S(C)(=O)=O)cc2)n1-c1ccccc1. The van der Waals surface area contributed by atoms with Crippen molar-refractivity contribution in [2.75, 3.05) is 26.0 Å². The quantitative estimate of drug-likeness (QED) is 0.351. The van der Waals surface area contributed by atoms with Crippen molar-refractivity contribution in [2.24, 2.45) is 5.18 Å². The van der Waals surface area contributed by atoms with Crippen molar-refractivity contribution in [3.63, 3.8) is 0 Å². The van der Waals surface area contributed by atoms with E-state index in [0.717, 1.165) is 34.6 Å². The Morgan fingerprint density at radius 2 is 1.70 bits per heavy atom. The lowest BCUT2D eigenvalue weighted by Crippen LogP contribution is -2.03. The van der Waals surface area contributed by atoms with Crippen LogP contribution in [0, 0.1) is 11.8 Å². The van der Waals surface area contributed by atoms with Crippen LogP contribution >= 0.6 is 0 Å². The third-order valence-electron chi connectivity index (χ3n) is 5.00. The maximum atomic E-state index is 11.8. The first-order chi connectivity index (χ1) is 14.4. The molecule has 0 amide bonds. The van der Waals surface area contributed by atoms with Crippen LogP contribution in [-0.4, -0.2) is 39.0 Å². The zero-order valence-corrected chi connectivity index (χ0v) is 18.1. The number of sulfone groups is 1. The molecule has 0 aliphatic rings. The average molecular weight is 427 g/mol. The van der Waals surface area contributed by atoms with E-state index in [1.807, 2.05) is 42.5 Å². The average Bonchev–Trinajstić information content (AvgIpc) is 3.07. The second-order valence-electron chi connectivity index (χ2n) is 7.18. The van der Waals surface area contributed by atoms with E-state index in [2.05, 4.69) is 22.7 Å². The molecular weight excluding hydrogens is 400 g/mol. The molecule has 0 saturated carbocycles. The molecular formula is C23H26N2O4S. The first-order valence-electron chi connectivity index (χ1n) is 9.86. The van der Waals surface area contributed by atoms with Gasteiger partial charge in [-0.2, -0.15) is 4.91 Å². The summed E-state index contributed by atoms with van der Waals surface area (Å²) in [4.78, 5) is 10.5. The van der Waals surface area contributed by atoms with E-state index in [4.69, 9.17) is 4.74 Å². The number of rotatable bonds is 10. The summed E-state index contributed by atoms with van der Waals surface area (Å²) in [5, 5.41) is 2.84. The van der Waals surface area contributed by atoms with E-state index in [-0.39, 0.29) is 6.54 Å². The van der Waals surface area contributed by atoms with Gasteiger partial charge in [-0.05, 0) is 61.2 Å². The van der Waals surface area contributed by atoms with Crippen molar-refractivity contribution < 1.29 is 13.2 Å². The molecule has 3 aromatic rings. The fourth-order valence-corrected chi connectivity index (χ4v) is 4.05. The molecule has 2 aromatic carbocycles. The summed E-state index contributed by atoms with van der Waals surface area (Å²) in [6, 6.07) is 19.2. The Balaban J connectivity index is 1.92. The first-order valence-corrected chi connectivity index (χ1v) is 11.7. The molecule has 0 fully saturated rings. The highest BCUT2D eigenvalue weighted by molar-refractivity contribution is 7.90. The lowest BCUT2D eigenvalue weighted by molar-refractivity contribution is 0.136. The fourth-order valence-electron chi connectivity index (χ4n) is 3.42. The zero-order valence-electron chi connectivity index (χ0n) is 17.2. The standard InChI is InChI=1S/C23H26N2O4S/c1-18-20(13-16-29-15-6-14-24-26)17-23(25(18)21-7-4-3-5-8-21)19-9-11-22(12-10-19)30(2,27)28/h3-5,7-12,17H,6,13-16H2,1-2H3. The summed E-state index contributed by atoms with van der Waals surface area (Å²) in [5.41, 5.74) is 5.26. The minimum Gasteiger partial charge on any atom is -0.381 e. The van der Waals surface area contributed by atoms with Crippen molar-refractivity contribution in [2.45, 2.75) is 24.7 Å². The first kappa shape index (κ1) is 21.9. The highest BCUT2D eigenvalue weighted by Crippen LogP contribution is 2.30. The monoisotopic (exact) mass is 426 g/mol. The molecule has 0 unspecified atom stereocenters. The van der Waals surface area contributed by atoms with Gasteiger partial charge in [0.15, 0.2) is 9.84 Å². The second kappa shape index (κ2) is 9.82. The summed E-state index contributed by atoms with van der Waals surface area (Å²) >= 11 is 0. The minimum absolute atomic E-state index is 0.275. The van der Waals surface area contributed by atoms with Crippen LogP contribution in [0.5, 0.6) is 0 Å². The van der Waals surface area contributed by atoms with Crippen LogP contribution in [0.15, 0.2) is 70.7 Å². The number of aromatic nitrogens is 1. The van der Waals surface area contributed by atoms with Gasteiger partial charge in [0.25, 0.3) is 0 Å². The summed E-state index contributed by atoms with van der Waals surface area (Å²) in [5.74, 6) is 0. The molecule has 1 aromatic heterocycles. The number of nitrogens with zero attached hydrogens (tertiary/aromatic N) is 2. The smallest absolute Gasteiger partial charge is 0.175 e. The Kier molecular flexibility index (Phi) is 7.18. The topological polar surface area (TPSA) is 77.7 Å². The summed E-state index contributed by atoms with van der Waals surface area (Å²) < 4.78 is 31.4. The van der Waals surface area contributed by atoms with Gasteiger partial charge in [-0.3, -0.25) is 0 Å². The summed E-state index contributed by atoms with van der Waals surface area (Å²) in [6.07, 6.45) is 2.59. The van der Waals surface area contributed by atoms with E-state index in [0.29, 0.717) is 24.5 Å². The molecule has 1 heterocycles. The van der Waals surface area contributed by atoms with Crippen LogP contribution in [0.2, 0.25) is 0 Å². The lowest BCUT2D eigenvalue weighted by atomic mass is 10.1. The van der Waals surface area contributed by atoms with Crippen LogP contribution < -0.4 is 0 Å². The third kappa shape index (κ3) is 5.23. The van der Waals surface area contributed by atoms with Gasteiger partial charge in [-0.25, -0.2) is 8.42 Å².